The van der Waals surface area contributed by atoms with Gasteiger partial charge in [0.1, 0.15) is 16.7 Å². The summed E-state index contributed by atoms with van der Waals surface area (Å²) >= 11 is 0. The molecule has 0 aromatic heterocycles. The zero-order valence-electron chi connectivity index (χ0n) is 31.4. The Labute approximate surface area is 294 Å². The Morgan fingerprint density at radius 1 is 0.735 bits per heavy atom. The Morgan fingerprint density at radius 3 is 1.78 bits per heavy atom. The van der Waals surface area contributed by atoms with Gasteiger partial charge in [0.25, 0.3) is 0 Å². The van der Waals surface area contributed by atoms with Crippen LogP contribution in [-0.4, -0.2) is 32.7 Å². The van der Waals surface area contributed by atoms with Crippen LogP contribution in [0.25, 0.3) is 5.76 Å². The van der Waals surface area contributed by atoms with Crippen LogP contribution in [-0.2, 0) is 14.4 Å². The standard InChI is InChI=1S/C43H58O6/c1-27(2)13-11-15-30(7)21-23-42-26-33(19-17-29(5)6)41(9,10)43(40(42)49,24-22-31(8)16-12-14-28(3)4)39(48)36(38(42)47)37(46)32-18-20-34(44)35(45)25-32/h13-14,17-18,20-22,25,33,44-46H,11-12,15-16,19,23-24,26H2,1-10H3/b30-21+,31-22+,37-36-/t33-,42+,43-/m1/s1. The third-order valence-electron chi connectivity index (χ3n) is 10.8. The molecule has 2 aliphatic rings. The topological polar surface area (TPSA) is 112 Å². The first-order valence-corrected chi connectivity index (χ1v) is 17.6. The van der Waals surface area contributed by atoms with E-state index in [1.165, 1.54) is 23.3 Å². The highest BCUT2D eigenvalue weighted by molar-refractivity contribution is 6.41. The molecule has 0 radical (unpaired) electrons. The molecule has 266 valence electrons. The molecule has 3 N–H and O–H groups in total. The van der Waals surface area contributed by atoms with Gasteiger partial charge in [-0.25, -0.2) is 0 Å². The Hall–Kier alpha value is -3.93. The third kappa shape index (κ3) is 8.11. The van der Waals surface area contributed by atoms with Crippen LogP contribution >= 0.6 is 0 Å². The first kappa shape index (κ1) is 39.5. The average Bonchev–Trinajstić information content (AvgIpc) is 3.00. The number of ketones is 3. The summed E-state index contributed by atoms with van der Waals surface area (Å²) in [5.41, 5.74) is 1.22. The predicted octanol–water partition coefficient (Wildman–Crippen LogP) is 10.6. The Morgan fingerprint density at radius 2 is 1.27 bits per heavy atom. The van der Waals surface area contributed by atoms with Crippen LogP contribution in [0.2, 0.25) is 0 Å². The van der Waals surface area contributed by atoms with Crippen molar-refractivity contribution in [2.75, 3.05) is 0 Å². The number of carbonyl (C=O) groups excluding carboxylic acids is 3. The number of rotatable bonds is 13. The zero-order valence-corrected chi connectivity index (χ0v) is 31.4. The van der Waals surface area contributed by atoms with Gasteiger partial charge in [-0.05, 0) is 136 Å². The van der Waals surface area contributed by atoms with E-state index in [1.54, 1.807) is 0 Å². The molecule has 1 aromatic rings. The van der Waals surface area contributed by atoms with Gasteiger partial charge in [-0.15, -0.1) is 0 Å². The Balaban J connectivity index is 2.36. The van der Waals surface area contributed by atoms with Gasteiger partial charge in [-0.3, -0.25) is 14.4 Å². The van der Waals surface area contributed by atoms with E-state index in [9.17, 15) is 20.1 Å². The molecule has 0 amide bonds. The van der Waals surface area contributed by atoms with Gasteiger partial charge >= 0.3 is 0 Å². The van der Waals surface area contributed by atoms with Crippen LogP contribution in [0.3, 0.4) is 0 Å². The maximum absolute atomic E-state index is 15.3. The number of allylic oxidation sites excluding steroid dienone is 11. The molecular weight excluding hydrogens is 612 g/mol. The molecular formula is C43H58O6. The van der Waals surface area contributed by atoms with E-state index in [4.69, 9.17) is 0 Å². The molecule has 2 fully saturated rings. The molecule has 2 aliphatic carbocycles. The molecule has 0 saturated heterocycles. The molecule has 6 nitrogen and oxygen atoms in total. The lowest BCUT2D eigenvalue weighted by Gasteiger charge is -2.60. The summed E-state index contributed by atoms with van der Waals surface area (Å²) in [7, 11) is 0. The first-order valence-electron chi connectivity index (χ1n) is 17.6. The van der Waals surface area contributed by atoms with Gasteiger partial charge in [-0.2, -0.15) is 0 Å². The Kier molecular flexibility index (Phi) is 12.7. The van der Waals surface area contributed by atoms with E-state index in [0.29, 0.717) is 6.42 Å². The highest BCUT2D eigenvalue weighted by Crippen LogP contribution is 2.65. The van der Waals surface area contributed by atoms with Crippen LogP contribution < -0.4 is 0 Å². The monoisotopic (exact) mass is 670 g/mol. The quantitative estimate of drug-likeness (QED) is 0.0481. The molecule has 0 spiro atoms. The lowest BCUT2D eigenvalue weighted by Crippen LogP contribution is -2.69. The van der Waals surface area contributed by atoms with Crippen molar-refractivity contribution in [3.8, 4) is 11.5 Å². The summed E-state index contributed by atoms with van der Waals surface area (Å²) in [5.74, 6) is -3.35. The summed E-state index contributed by atoms with van der Waals surface area (Å²) in [6, 6.07) is 3.69. The maximum Gasteiger partial charge on any atom is 0.184 e. The van der Waals surface area contributed by atoms with E-state index in [2.05, 4.69) is 45.9 Å². The van der Waals surface area contributed by atoms with Gasteiger partial charge in [0.2, 0.25) is 0 Å². The highest BCUT2D eigenvalue weighted by atomic mass is 16.3. The second kappa shape index (κ2) is 15.7. The summed E-state index contributed by atoms with van der Waals surface area (Å²) < 4.78 is 0. The van der Waals surface area contributed by atoms with E-state index < -0.39 is 50.6 Å². The van der Waals surface area contributed by atoms with Crippen molar-refractivity contribution in [1.29, 1.82) is 0 Å². The molecule has 3 rings (SSSR count). The molecule has 0 unspecified atom stereocenters. The second-order valence-corrected chi connectivity index (χ2v) is 15.7. The van der Waals surface area contributed by atoms with Crippen LogP contribution in [0.5, 0.6) is 11.5 Å². The second-order valence-electron chi connectivity index (χ2n) is 15.7. The van der Waals surface area contributed by atoms with Crippen molar-refractivity contribution >= 4 is 23.1 Å². The maximum atomic E-state index is 15.3. The molecule has 0 heterocycles. The van der Waals surface area contributed by atoms with Crippen LogP contribution in [0.15, 0.2) is 82.0 Å². The SMILES string of the molecule is CC(C)=CCC/C(C)=C/C[C@]12C[C@@H](CC=C(C)C)C(C)(C)[C@](C/C=C(\C)CCC=C(C)C)(C(=O)/C(=C(\O)c3ccc(O)c(O)c3)C1=O)C2=O. The van der Waals surface area contributed by atoms with Crippen molar-refractivity contribution in [3.05, 3.63) is 87.6 Å². The van der Waals surface area contributed by atoms with Crippen LogP contribution in [0.1, 0.15) is 126 Å². The third-order valence-corrected chi connectivity index (χ3v) is 10.8. The first-order chi connectivity index (χ1) is 22.8. The number of benzene rings is 1. The molecule has 2 saturated carbocycles. The van der Waals surface area contributed by atoms with Gasteiger partial charge in [0.15, 0.2) is 28.8 Å². The van der Waals surface area contributed by atoms with Crippen molar-refractivity contribution < 1.29 is 29.7 Å². The number of carbonyl (C=O) groups is 3. The molecule has 6 heteroatoms. The van der Waals surface area contributed by atoms with Crippen molar-refractivity contribution in [2.24, 2.45) is 22.2 Å². The fourth-order valence-corrected chi connectivity index (χ4v) is 7.53. The largest absolute Gasteiger partial charge is 0.506 e. The number of aliphatic hydroxyl groups excluding tert-OH is 1. The van der Waals surface area contributed by atoms with Crippen molar-refractivity contribution in [1.82, 2.24) is 0 Å². The van der Waals surface area contributed by atoms with Crippen molar-refractivity contribution in [2.45, 2.75) is 121 Å². The summed E-state index contributed by atoms with van der Waals surface area (Å²) in [6.45, 7) is 20.2. The fourth-order valence-electron chi connectivity index (χ4n) is 7.53. The molecule has 1 aromatic carbocycles. The predicted molar refractivity (Wildman–Crippen MR) is 199 cm³/mol. The van der Waals surface area contributed by atoms with Crippen molar-refractivity contribution in [3.63, 3.8) is 0 Å². The van der Waals surface area contributed by atoms with E-state index >= 15 is 9.59 Å². The summed E-state index contributed by atoms with van der Waals surface area (Å²) in [4.78, 5) is 45.3. The van der Waals surface area contributed by atoms with Gasteiger partial charge < -0.3 is 15.3 Å². The minimum absolute atomic E-state index is 0.0190. The van der Waals surface area contributed by atoms with Crippen LogP contribution in [0.4, 0.5) is 0 Å². The Bertz CT molecular complexity index is 1650. The van der Waals surface area contributed by atoms with Crippen LogP contribution in [0, 0.1) is 22.2 Å². The fraction of sp³-hybridized carbons (Fsp3) is 0.512. The number of hydrogen-bond donors (Lipinski definition) is 3. The number of phenols is 2. The van der Waals surface area contributed by atoms with Gasteiger partial charge in [0.05, 0.1) is 5.41 Å². The molecule has 3 atom stereocenters. The highest BCUT2D eigenvalue weighted by Gasteiger charge is 2.73. The number of Topliss-reactive ketones (excluding diaryl/α,β-unsaturated/α-hetero) is 3. The minimum atomic E-state index is -1.62. The number of phenolic OH excluding ortho intramolecular Hbond substituents is 2. The number of hydrogen-bond acceptors (Lipinski definition) is 6. The number of aliphatic hydroxyl groups is 1. The molecule has 2 bridgehead atoms. The minimum Gasteiger partial charge on any atom is -0.506 e. The number of aromatic hydroxyl groups is 2. The lowest BCUT2D eigenvalue weighted by molar-refractivity contribution is -0.176. The summed E-state index contributed by atoms with van der Waals surface area (Å²) in [6.07, 6.45) is 14.7. The smallest absolute Gasteiger partial charge is 0.184 e. The van der Waals surface area contributed by atoms with Gasteiger partial charge in [-0.1, -0.05) is 72.1 Å². The van der Waals surface area contributed by atoms with E-state index in [0.717, 1.165) is 48.5 Å². The lowest BCUT2D eigenvalue weighted by atomic mass is 9.38. The number of fused-ring (bicyclic) bond motifs is 2. The zero-order chi connectivity index (χ0) is 36.9. The van der Waals surface area contributed by atoms with Gasteiger partial charge in [0, 0.05) is 5.56 Å². The molecule has 49 heavy (non-hydrogen) atoms. The normalized spacial score (nSPS) is 24.8. The van der Waals surface area contributed by atoms with E-state index in [1.807, 2.05) is 53.7 Å². The molecule has 0 aliphatic heterocycles. The summed E-state index contributed by atoms with van der Waals surface area (Å²) in [5, 5.41) is 32.0. The van der Waals surface area contributed by atoms with E-state index in [-0.39, 0.29) is 36.5 Å². The average molecular weight is 671 g/mol.